The number of nitrogens with two attached hydrogens (primary N) is 1. The van der Waals surface area contributed by atoms with E-state index in [1.807, 2.05) is 40.1 Å². The van der Waals surface area contributed by atoms with Crippen LogP contribution in [0.3, 0.4) is 0 Å². The van der Waals surface area contributed by atoms with Crippen molar-refractivity contribution in [3.63, 3.8) is 0 Å². The first kappa shape index (κ1) is 15.7. The lowest BCUT2D eigenvalue weighted by Gasteiger charge is -2.23. The number of nitrogens with one attached hydrogen (secondary N) is 1. The molecule has 0 saturated carbocycles. The first-order chi connectivity index (χ1) is 12.7. The van der Waals surface area contributed by atoms with Crippen molar-refractivity contribution in [2.45, 2.75) is 26.3 Å². The Labute approximate surface area is 155 Å². The molecule has 0 aliphatic carbocycles. The number of nitrogen functional groups attached to an aromatic ring is 1. The van der Waals surface area contributed by atoms with Gasteiger partial charge < -0.3 is 10.6 Å². The summed E-state index contributed by atoms with van der Waals surface area (Å²) in [6.45, 7) is 5.79. The minimum atomic E-state index is 0.716. The molecule has 4 aromatic rings. The molecular weight excluding hydrogens is 344 g/mol. The van der Waals surface area contributed by atoms with Crippen LogP contribution in [-0.2, 0) is 13.0 Å². The number of hydrogen-bond acceptors (Lipinski definition) is 5. The monoisotopic (exact) mass is 365 g/mol. The zero-order valence-electron chi connectivity index (χ0n) is 14.7. The van der Waals surface area contributed by atoms with E-state index in [4.69, 9.17) is 10.7 Å². The first-order valence-corrected chi connectivity index (χ1v) is 9.89. The lowest BCUT2D eigenvalue weighted by atomic mass is 10.1. The second-order valence-electron chi connectivity index (χ2n) is 6.93. The number of benzene rings is 1. The van der Waals surface area contributed by atoms with Crippen molar-refractivity contribution in [1.29, 1.82) is 0 Å². The maximum absolute atomic E-state index is 5.79. The average molecular weight is 365 g/mol. The van der Waals surface area contributed by atoms with E-state index < -0.39 is 0 Å². The predicted octanol–water partition coefficient (Wildman–Crippen LogP) is 1.94. The highest BCUT2D eigenvalue weighted by molar-refractivity contribution is 7.19. The number of thiophene rings is 1. The molecule has 0 amide bonds. The van der Waals surface area contributed by atoms with Gasteiger partial charge in [-0.05, 0) is 36.2 Å². The maximum Gasteiger partial charge on any atom is 0.182 e. The summed E-state index contributed by atoms with van der Waals surface area (Å²) in [6.07, 6.45) is 4.10. The van der Waals surface area contributed by atoms with Crippen molar-refractivity contribution < 1.29 is 4.90 Å². The summed E-state index contributed by atoms with van der Waals surface area (Å²) in [4.78, 5) is 13.7. The van der Waals surface area contributed by atoms with E-state index in [1.54, 1.807) is 11.2 Å². The van der Waals surface area contributed by atoms with E-state index >= 15 is 0 Å². The number of rotatable bonds is 3. The Morgan fingerprint density at radius 1 is 1.27 bits per heavy atom. The molecule has 3 N–H and O–H groups in total. The van der Waals surface area contributed by atoms with Crippen LogP contribution < -0.4 is 10.6 Å². The quantitative estimate of drug-likeness (QED) is 0.544. The fraction of sp³-hybridized carbons (Fsp3) is 0.316. The zero-order chi connectivity index (χ0) is 17.7. The molecule has 1 atom stereocenters. The second kappa shape index (κ2) is 6.03. The van der Waals surface area contributed by atoms with E-state index in [2.05, 4.69) is 17.0 Å². The van der Waals surface area contributed by atoms with Crippen LogP contribution in [0.15, 0.2) is 30.6 Å². The summed E-state index contributed by atoms with van der Waals surface area (Å²) in [5.74, 6) is 0.716. The van der Waals surface area contributed by atoms with Crippen LogP contribution in [0.25, 0.3) is 27.3 Å². The highest BCUT2D eigenvalue weighted by atomic mass is 32.1. The molecule has 6 nitrogen and oxygen atoms in total. The molecule has 3 aromatic heterocycles. The average Bonchev–Trinajstić information content (AvgIpc) is 3.22. The Hall–Kier alpha value is -2.51. The summed E-state index contributed by atoms with van der Waals surface area (Å²) >= 11 is 1.82. The third-order valence-corrected chi connectivity index (χ3v) is 6.26. The van der Waals surface area contributed by atoms with Crippen LogP contribution in [0.4, 0.5) is 5.69 Å². The topological polar surface area (TPSA) is 73.5 Å². The van der Waals surface area contributed by atoms with E-state index in [1.165, 1.54) is 35.3 Å². The van der Waals surface area contributed by atoms with Crippen molar-refractivity contribution in [3.8, 4) is 11.4 Å². The Kier molecular flexibility index (Phi) is 3.65. The molecule has 0 bridgehead atoms. The molecule has 132 valence electrons. The summed E-state index contributed by atoms with van der Waals surface area (Å²) in [7, 11) is 0. The van der Waals surface area contributed by atoms with Gasteiger partial charge in [0.05, 0.1) is 23.4 Å². The second-order valence-corrected chi connectivity index (χ2v) is 8.01. The van der Waals surface area contributed by atoms with Crippen LogP contribution in [0, 0.1) is 0 Å². The van der Waals surface area contributed by atoms with Gasteiger partial charge in [-0.2, -0.15) is 0 Å². The lowest BCUT2D eigenvalue weighted by Crippen LogP contribution is -3.11. The van der Waals surface area contributed by atoms with Crippen molar-refractivity contribution in [1.82, 2.24) is 19.6 Å². The number of quaternary nitrogens is 1. The van der Waals surface area contributed by atoms with E-state index in [0.29, 0.717) is 5.82 Å². The van der Waals surface area contributed by atoms with Crippen molar-refractivity contribution in [2.75, 3.05) is 18.8 Å². The Balaban J connectivity index is 1.64. The predicted molar refractivity (Wildman–Crippen MR) is 104 cm³/mol. The Morgan fingerprint density at radius 3 is 2.92 bits per heavy atom. The van der Waals surface area contributed by atoms with Gasteiger partial charge in [0.2, 0.25) is 0 Å². The molecule has 4 heterocycles. The third-order valence-electron chi connectivity index (χ3n) is 5.12. The summed E-state index contributed by atoms with van der Waals surface area (Å²) in [5.41, 5.74) is 9.85. The van der Waals surface area contributed by atoms with Gasteiger partial charge in [-0.3, -0.25) is 0 Å². The number of aromatic nitrogens is 4. The molecule has 0 fully saturated rings. The minimum absolute atomic E-state index is 0.716. The molecule has 5 rings (SSSR count). The van der Waals surface area contributed by atoms with Crippen LogP contribution in [0.5, 0.6) is 0 Å². The van der Waals surface area contributed by atoms with Gasteiger partial charge in [-0.15, -0.1) is 16.4 Å². The standard InChI is InChI=1S/C19H20N6S/c1-2-8-24-9-7-14-15(10-24)26-19-16(14)18-22-17(23-25(18)11-21-19)12-3-5-13(20)6-4-12/h3-6,11H,2,7-10,20H2,1H3/p+1. The molecular formula is C19H21N6S+. The van der Waals surface area contributed by atoms with E-state index in [-0.39, 0.29) is 0 Å². The number of anilines is 1. The molecule has 0 radical (unpaired) electrons. The maximum atomic E-state index is 5.79. The fourth-order valence-electron chi connectivity index (χ4n) is 3.85. The van der Waals surface area contributed by atoms with Gasteiger partial charge in [0, 0.05) is 17.7 Å². The zero-order valence-corrected chi connectivity index (χ0v) is 15.5. The summed E-state index contributed by atoms with van der Waals surface area (Å²) in [5, 5.41) is 5.83. The fourth-order valence-corrected chi connectivity index (χ4v) is 5.10. The van der Waals surface area contributed by atoms with Gasteiger partial charge >= 0.3 is 0 Å². The van der Waals surface area contributed by atoms with Gasteiger partial charge in [-0.25, -0.2) is 14.5 Å². The smallest absolute Gasteiger partial charge is 0.182 e. The highest BCUT2D eigenvalue weighted by Gasteiger charge is 2.26. The highest BCUT2D eigenvalue weighted by Crippen LogP contribution is 2.34. The Bertz CT molecular complexity index is 1090. The summed E-state index contributed by atoms with van der Waals surface area (Å²) in [6, 6.07) is 7.69. The SMILES string of the molecule is CCC[NH+]1CCc2c(sc3ncn4nc(-c5ccc(N)cc5)nc4c23)C1. The molecule has 1 aromatic carbocycles. The van der Waals surface area contributed by atoms with Gasteiger partial charge in [0.25, 0.3) is 0 Å². The van der Waals surface area contributed by atoms with E-state index in [0.717, 1.165) is 34.7 Å². The lowest BCUT2D eigenvalue weighted by molar-refractivity contribution is -0.915. The van der Waals surface area contributed by atoms with Crippen molar-refractivity contribution in [3.05, 3.63) is 41.0 Å². The van der Waals surface area contributed by atoms with Gasteiger partial charge in [-0.1, -0.05) is 6.92 Å². The van der Waals surface area contributed by atoms with Crippen molar-refractivity contribution in [2.24, 2.45) is 0 Å². The summed E-state index contributed by atoms with van der Waals surface area (Å²) < 4.78 is 1.81. The van der Waals surface area contributed by atoms with E-state index in [9.17, 15) is 0 Å². The van der Waals surface area contributed by atoms with Gasteiger partial charge in [0.15, 0.2) is 11.5 Å². The molecule has 0 saturated heterocycles. The normalized spacial score (nSPS) is 17.0. The van der Waals surface area contributed by atoms with Crippen LogP contribution in [-0.4, -0.2) is 32.7 Å². The molecule has 1 aliphatic rings. The van der Waals surface area contributed by atoms with Crippen molar-refractivity contribution >= 4 is 32.9 Å². The molecule has 26 heavy (non-hydrogen) atoms. The van der Waals surface area contributed by atoms with Crippen LogP contribution in [0.2, 0.25) is 0 Å². The first-order valence-electron chi connectivity index (χ1n) is 9.08. The largest absolute Gasteiger partial charge is 0.399 e. The number of hydrogen-bond donors (Lipinski definition) is 2. The number of nitrogens with zero attached hydrogens (tertiary/aromatic N) is 4. The molecule has 1 aliphatic heterocycles. The minimum Gasteiger partial charge on any atom is -0.399 e. The van der Waals surface area contributed by atoms with Crippen LogP contribution in [0.1, 0.15) is 23.8 Å². The molecule has 0 spiro atoms. The van der Waals surface area contributed by atoms with Crippen LogP contribution >= 0.6 is 11.3 Å². The number of fused-ring (bicyclic) bond motifs is 5. The Morgan fingerprint density at radius 2 is 2.12 bits per heavy atom. The molecule has 1 unspecified atom stereocenters. The molecule has 7 heteroatoms. The third kappa shape index (κ3) is 2.47. The van der Waals surface area contributed by atoms with Gasteiger partial charge in [0.1, 0.15) is 17.7 Å².